The maximum atomic E-state index is 2.57. The Kier molecular flexibility index (Phi) is 3.11. The molecule has 16 heavy (non-hydrogen) atoms. The normalized spacial score (nSPS) is 40.4. The van der Waals surface area contributed by atoms with Gasteiger partial charge in [-0.15, -0.1) is 0 Å². The van der Waals surface area contributed by atoms with Crippen molar-refractivity contribution in [2.24, 2.45) is 17.3 Å². The van der Waals surface area contributed by atoms with E-state index in [2.05, 4.69) is 33.8 Å². The van der Waals surface area contributed by atoms with Crippen LogP contribution in [0.15, 0.2) is 11.6 Å². The number of fused-ring (bicyclic) bond motifs is 1. The molecule has 3 atom stereocenters. The van der Waals surface area contributed by atoms with Gasteiger partial charge in [0, 0.05) is 10.2 Å². The van der Waals surface area contributed by atoms with Crippen LogP contribution < -0.4 is 0 Å². The van der Waals surface area contributed by atoms with Gasteiger partial charge in [-0.3, -0.25) is 0 Å². The lowest BCUT2D eigenvalue weighted by Crippen LogP contribution is -2.38. The first kappa shape index (κ1) is 12.4. The minimum Gasteiger partial charge on any atom is -0.0848 e. The highest BCUT2D eigenvalue weighted by molar-refractivity contribution is 6.14. The molecule has 0 unspecified atom stereocenters. The molecule has 0 nitrogen and oxygen atoms in total. The van der Waals surface area contributed by atoms with Crippen LogP contribution in [0.3, 0.4) is 0 Å². The van der Waals surface area contributed by atoms with E-state index < -0.39 is 0 Å². The molecule has 2 aliphatic rings. The molecule has 0 amide bonds. The topological polar surface area (TPSA) is 0 Å². The van der Waals surface area contributed by atoms with E-state index in [-0.39, 0.29) is 0 Å². The average molecular weight is 236 g/mol. The standard InChI is InChI=1S/C15H28Si/c1-11-6-5-7-12-8-9-13(14(2,3)16)10-15(11,12)4/h7,11,13H,5-6,8-10H2,1-4,16H3/t11-,13-,15+/m1/s1. The fourth-order valence-corrected chi connectivity index (χ4v) is 4.27. The molecule has 2 aliphatic carbocycles. The third-order valence-electron chi connectivity index (χ3n) is 5.47. The van der Waals surface area contributed by atoms with Crippen LogP contribution in [0.25, 0.3) is 0 Å². The zero-order valence-corrected chi connectivity index (χ0v) is 13.8. The highest BCUT2D eigenvalue weighted by Gasteiger charge is 2.44. The average Bonchev–Trinajstić information content (AvgIpc) is 2.17. The smallest absolute Gasteiger partial charge is 0.0103 e. The maximum Gasteiger partial charge on any atom is 0.0103 e. The van der Waals surface area contributed by atoms with Crippen molar-refractivity contribution in [3.63, 3.8) is 0 Å². The monoisotopic (exact) mass is 236 g/mol. The molecule has 0 aromatic rings. The van der Waals surface area contributed by atoms with Crippen molar-refractivity contribution in [2.75, 3.05) is 0 Å². The van der Waals surface area contributed by atoms with Crippen LogP contribution >= 0.6 is 0 Å². The van der Waals surface area contributed by atoms with Gasteiger partial charge in [0.05, 0.1) is 0 Å². The maximum absolute atomic E-state index is 2.57. The quantitative estimate of drug-likeness (QED) is 0.481. The van der Waals surface area contributed by atoms with Gasteiger partial charge in [-0.05, 0) is 54.4 Å². The molecule has 1 saturated carbocycles. The van der Waals surface area contributed by atoms with Crippen molar-refractivity contribution in [3.8, 4) is 0 Å². The molecule has 0 heterocycles. The Morgan fingerprint density at radius 3 is 2.69 bits per heavy atom. The van der Waals surface area contributed by atoms with E-state index in [1.807, 2.05) is 0 Å². The molecular formula is C15H28Si. The molecule has 1 fully saturated rings. The largest absolute Gasteiger partial charge is 0.0848 e. The van der Waals surface area contributed by atoms with E-state index in [1.54, 1.807) is 5.57 Å². The SMILES string of the molecule is C[C@@H]1CCC=C2CC[C@@H](C(C)(C)[SiH3])C[C@]21C. The van der Waals surface area contributed by atoms with E-state index in [4.69, 9.17) is 0 Å². The molecule has 0 aromatic carbocycles. The number of allylic oxidation sites excluding steroid dienone is 2. The Bertz CT molecular complexity index is 297. The lowest BCUT2D eigenvalue weighted by atomic mass is 9.57. The van der Waals surface area contributed by atoms with Crippen LogP contribution in [-0.4, -0.2) is 10.2 Å². The van der Waals surface area contributed by atoms with Gasteiger partial charge < -0.3 is 0 Å². The van der Waals surface area contributed by atoms with E-state index in [0.717, 1.165) is 11.8 Å². The lowest BCUT2D eigenvalue weighted by Gasteiger charge is -2.50. The Morgan fingerprint density at radius 2 is 2.06 bits per heavy atom. The van der Waals surface area contributed by atoms with Gasteiger partial charge in [0.1, 0.15) is 0 Å². The minimum atomic E-state index is 0.544. The van der Waals surface area contributed by atoms with E-state index in [0.29, 0.717) is 10.5 Å². The molecule has 0 saturated heterocycles. The lowest BCUT2D eigenvalue weighted by molar-refractivity contribution is 0.121. The van der Waals surface area contributed by atoms with E-state index in [9.17, 15) is 0 Å². The summed E-state index contributed by atoms with van der Waals surface area (Å²) >= 11 is 0. The summed E-state index contributed by atoms with van der Waals surface area (Å²) in [6, 6.07) is 0. The summed E-state index contributed by atoms with van der Waals surface area (Å²) in [5.74, 6) is 1.88. The van der Waals surface area contributed by atoms with Crippen LogP contribution in [0.1, 0.15) is 59.8 Å². The van der Waals surface area contributed by atoms with Gasteiger partial charge in [0.25, 0.3) is 0 Å². The Balaban J connectivity index is 2.23. The van der Waals surface area contributed by atoms with Crippen molar-refractivity contribution in [1.29, 1.82) is 0 Å². The van der Waals surface area contributed by atoms with Gasteiger partial charge >= 0.3 is 0 Å². The first-order valence-electron chi connectivity index (χ1n) is 7.03. The van der Waals surface area contributed by atoms with E-state index >= 15 is 0 Å². The summed E-state index contributed by atoms with van der Waals surface area (Å²) in [5, 5.41) is 0.631. The molecular weight excluding hydrogens is 208 g/mol. The minimum absolute atomic E-state index is 0.544. The molecule has 0 N–H and O–H groups in total. The van der Waals surface area contributed by atoms with Crippen molar-refractivity contribution >= 4 is 10.2 Å². The second-order valence-corrected chi connectivity index (χ2v) is 10.0. The van der Waals surface area contributed by atoms with Gasteiger partial charge in [-0.25, -0.2) is 0 Å². The Morgan fingerprint density at radius 1 is 1.38 bits per heavy atom. The van der Waals surface area contributed by atoms with Crippen molar-refractivity contribution in [3.05, 3.63) is 11.6 Å². The summed E-state index contributed by atoms with van der Waals surface area (Å²) in [7, 11) is 1.34. The Hall–Kier alpha value is -0.0431. The van der Waals surface area contributed by atoms with Crippen LogP contribution in [0, 0.1) is 17.3 Å². The molecule has 0 spiro atoms. The summed E-state index contributed by atoms with van der Waals surface area (Å²) in [6.07, 6.45) is 9.60. The Labute approximate surface area is 104 Å². The number of rotatable bonds is 1. The molecule has 2 rings (SSSR count). The van der Waals surface area contributed by atoms with Crippen molar-refractivity contribution in [1.82, 2.24) is 0 Å². The van der Waals surface area contributed by atoms with E-state index in [1.165, 1.54) is 42.3 Å². The number of hydrogen-bond acceptors (Lipinski definition) is 0. The predicted octanol–water partition coefficient (Wildman–Crippen LogP) is 3.71. The predicted molar refractivity (Wildman–Crippen MR) is 75.9 cm³/mol. The van der Waals surface area contributed by atoms with Crippen LogP contribution in [0.2, 0.25) is 5.04 Å². The second-order valence-electron chi connectivity index (χ2n) is 7.43. The highest BCUT2D eigenvalue weighted by Crippen LogP contribution is 2.56. The third kappa shape index (κ3) is 2.03. The number of hydrogen-bond donors (Lipinski definition) is 0. The van der Waals surface area contributed by atoms with Gasteiger partial charge in [-0.1, -0.05) is 39.3 Å². The molecule has 0 aromatic heterocycles. The third-order valence-corrected chi connectivity index (χ3v) is 6.29. The molecule has 1 heteroatoms. The van der Waals surface area contributed by atoms with Crippen LogP contribution in [0.4, 0.5) is 0 Å². The van der Waals surface area contributed by atoms with Crippen molar-refractivity contribution in [2.45, 2.75) is 64.8 Å². The summed E-state index contributed by atoms with van der Waals surface area (Å²) in [4.78, 5) is 0. The zero-order valence-electron chi connectivity index (χ0n) is 11.8. The van der Waals surface area contributed by atoms with Gasteiger partial charge in [-0.2, -0.15) is 0 Å². The molecule has 92 valence electrons. The fourth-order valence-electron chi connectivity index (χ4n) is 3.78. The fraction of sp³-hybridized carbons (Fsp3) is 0.867. The summed E-state index contributed by atoms with van der Waals surface area (Å²) in [6.45, 7) is 9.99. The highest BCUT2D eigenvalue weighted by atomic mass is 28.1. The van der Waals surface area contributed by atoms with Gasteiger partial charge in [0.2, 0.25) is 0 Å². The molecule has 0 bridgehead atoms. The summed E-state index contributed by atoms with van der Waals surface area (Å²) < 4.78 is 0. The first-order valence-corrected chi connectivity index (χ1v) is 8.03. The molecule has 0 radical (unpaired) electrons. The second kappa shape index (κ2) is 4.01. The first-order chi connectivity index (χ1) is 7.34. The molecule has 0 aliphatic heterocycles. The van der Waals surface area contributed by atoms with Gasteiger partial charge in [0.15, 0.2) is 0 Å². The van der Waals surface area contributed by atoms with Crippen LogP contribution in [-0.2, 0) is 0 Å². The zero-order chi connectivity index (χ0) is 12.0. The van der Waals surface area contributed by atoms with Crippen LogP contribution in [0.5, 0.6) is 0 Å². The summed E-state index contributed by atoms with van der Waals surface area (Å²) in [5.41, 5.74) is 2.34. The van der Waals surface area contributed by atoms with Crippen molar-refractivity contribution < 1.29 is 0 Å².